The predicted molar refractivity (Wildman–Crippen MR) is 70.5 cm³/mol. The van der Waals surface area contributed by atoms with E-state index in [9.17, 15) is 0 Å². The molecule has 3 N–H and O–H groups in total. The fraction of sp³-hybridized carbons (Fsp3) is 0.538. The first-order valence-electron chi connectivity index (χ1n) is 6.15. The number of piperidine rings is 1. The lowest BCUT2D eigenvalue weighted by molar-refractivity contribution is 0.388. The number of aromatic nitrogens is 1. The number of nitrogen functional groups attached to an aromatic ring is 1. The third kappa shape index (κ3) is 2.57. The number of pyridine rings is 1. The van der Waals surface area contributed by atoms with E-state index in [0.29, 0.717) is 12.0 Å². The van der Waals surface area contributed by atoms with Crippen LogP contribution in [0.3, 0.4) is 0 Å². The summed E-state index contributed by atoms with van der Waals surface area (Å²) in [5.74, 6) is 1.75. The maximum absolute atomic E-state index is 7.47. The van der Waals surface area contributed by atoms with E-state index in [1.807, 2.05) is 6.07 Å². The molecule has 4 nitrogen and oxygen atoms in total. The zero-order valence-corrected chi connectivity index (χ0v) is 10.5. The standard InChI is InChI=1S/C13H20N4/c1-9-3-4-10(2)17(8-9)12-7-11(13(14)15)5-6-16-12/h5-7,9-10H,3-4,8H2,1-2H3,(H3,14,15). The fourth-order valence-corrected chi connectivity index (χ4v) is 2.35. The summed E-state index contributed by atoms with van der Waals surface area (Å²) in [5.41, 5.74) is 6.26. The van der Waals surface area contributed by atoms with Gasteiger partial charge in [-0.25, -0.2) is 4.98 Å². The number of nitrogens with two attached hydrogens (primary N) is 1. The summed E-state index contributed by atoms with van der Waals surface area (Å²) in [5, 5.41) is 7.47. The van der Waals surface area contributed by atoms with Crippen molar-refractivity contribution in [2.45, 2.75) is 32.7 Å². The van der Waals surface area contributed by atoms with Crippen LogP contribution in [0.15, 0.2) is 18.3 Å². The molecule has 92 valence electrons. The van der Waals surface area contributed by atoms with Gasteiger partial charge in [-0.3, -0.25) is 5.41 Å². The van der Waals surface area contributed by atoms with Gasteiger partial charge in [-0.1, -0.05) is 6.92 Å². The average Bonchev–Trinajstić information content (AvgIpc) is 2.32. The molecule has 2 rings (SSSR count). The van der Waals surface area contributed by atoms with E-state index in [1.54, 1.807) is 12.3 Å². The van der Waals surface area contributed by atoms with Gasteiger partial charge in [0, 0.05) is 24.3 Å². The van der Waals surface area contributed by atoms with Crippen LogP contribution < -0.4 is 10.6 Å². The molecule has 0 aromatic carbocycles. The van der Waals surface area contributed by atoms with Gasteiger partial charge in [-0.05, 0) is 37.8 Å². The molecule has 1 aliphatic heterocycles. The zero-order valence-electron chi connectivity index (χ0n) is 10.5. The van der Waals surface area contributed by atoms with Crippen LogP contribution in [-0.2, 0) is 0 Å². The van der Waals surface area contributed by atoms with Crippen LogP contribution in [-0.4, -0.2) is 23.4 Å². The molecule has 17 heavy (non-hydrogen) atoms. The molecule has 0 spiro atoms. The molecular formula is C13H20N4. The number of hydrogen-bond donors (Lipinski definition) is 2. The summed E-state index contributed by atoms with van der Waals surface area (Å²) in [7, 11) is 0. The summed E-state index contributed by atoms with van der Waals surface area (Å²) in [6.45, 7) is 5.54. The van der Waals surface area contributed by atoms with E-state index < -0.39 is 0 Å². The lowest BCUT2D eigenvalue weighted by atomic mass is 9.95. The highest BCUT2D eigenvalue weighted by Crippen LogP contribution is 2.26. The number of anilines is 1. The van der Waals surface area contributed by atoms with Crippen molar-refractivity contribution >= 4 is 11.7 Å². The molecule has 1 fully saturated rings. The van der Waals surface area contributed by atoms with Crippen molar-refractivity contribution in [2.24, 2.45) is 11.7 Å². The molecule has 0 amide bonds. The summed E-state index contributed by atoms with van der Waals surface area (Å²) in [4.78, 5) is 6.72. The fourth-order valence-electron chi connectivity index (χ4n) is 2.35. The SMILES string of the molecule is CC1CCC(C)N(c2cc(C(=N)N)ccn2)C1. The number of nitrogens with zero attached hydrogens (tertiary/aromatic N) is 2. The third-order valence-corrected chi connectivity index (χ3v) is 3.47. The Hall–Kier alpha value is -1.58. The summed E-state index contributed by atoms with van der Waals surface area (Å²) < 4.78 is 0. The summed E-state index contributed by atoms with van der Waals surface area (Å²) >= 11 is 0. The molecule has 2 heterocycles. The Morgan fingerprint density at radius 3 is 2.94 bits per heavy atom. The molecular weight excluding hydrogens is 212 g/mol. The molecule has 4 heteroatoms. The number of nitrogens with one attached hydrogen (secondary N) is 1. The zero-order chi connectivity index (χ0) is 12.4. The van der Waals surface area contributed by atoms with E-state index in [0.717, 1.165) is 17.9 Å². The predicted octanol–water partition coefficient (Wildman–Crippen LogP) is 1.99. The van der Waals surface area contributed by atoms with Gasteiger partial charge in [0.25, 0.3) is 0 Å². The molecule has 1 aromatic heterocycles. The van der Waals surface area contributed by atoms with Crippen LogP contribution in [0.5, 0.6) is 0 Å². The molecule has 2 unspecified atom stereocenters. The molecule has 1 aliphatic rings. The molecule has 1 saturated heterocycles. The van der Waals surface area contributed by atoms with Crippen molar-refractivity contribution in [3.05, 3.63) is 23.9 Å². The number of amidine groups is 1. The van der Waals surface area contributed by atoms with Gasteiger partial charge in [0.2, 0.25) is 0 Å². The number of rotatable bonds is 2. The van der Waals surface area contributed by atoms with E-state index in [1.165, 1.54) is 12.8 Å². The first kappa shape index (κ1) is 11.9. The molecule has 1 aromatic rings. The average molecular weight is 232 g/mol. The lowest BCUT2D eigenvalue weighted by Crippen LogP contribution is -2.41. The van der Waals surface area contributed by atoms with Crippen molar-refractivity contribution in [3.63, 3.8) is 0 Å². The Morgan fingerprint density at radius 2 is 2.24 bits per heavy atom. The lowest BCUT2D eigenvalue weighted by Gasteiger charge is -2.37. The Morgan fingerprint density at radius 1 is 1.47 bits per heavy atom. The van der Waals surface area contributed by atoms with E-state index in [4.69, 9.17) is 11.1 Å². The largest absolute Gasteiger partial charge is 0.384 e. The van der Waals surface area contributed by atoms with Crippen LogP contribution in [0.2, 0.25) is 0 Å². The minimum atomic E-state index is 0.103. The minimum Gasteiger partial charge on any atom is -0.384 e. The Kier molecular flexibility index (Phi) is 3.31. The number of hydrogen-bond acceptors (Lipinski definition) is 3. The maximum Gasteiger partial charge on any atom is 0.129 e. The van der Waals surface area contributed by atoms with Crippen LogP contribution in [0.4, 0.5) is 5.82 Å². The van der Waals surface area contributed by atoms with Crippen molar-refractivity contribution in [1.29, 1.82) is 5.41 Å². The molecule has 0 radical (unpaired) electrons. The van der Waals surface area contributed by atoms with Crippen LogP contribution in [0, 0.1) is 11.3 Å². The summed E-state index contributed by atoms with van der Waals surface area (Å²) in [6, 6.07) is 4.21. The van der Waals surface area contributed by atoms with Crippen LogP contribution in [0.25, 0.3) is 0 Å². The molecule has 0 bridgehead atoms. The van der Waals surface area contributed by atoms with Gasteiger partial charge in [0.1, 0.15) is 11.7 Å². The first-order chi connectivity index (χ1) is 8.08. The van der Waals surface area contributed by atoms with Crippen molar-refractivity contribution < 1.29 is 0 Å². The molecule has 0 saturated carbocycles. The second-order valence-corrected chi connectivity index (χ2v) is 5.00. The van der Waals surface area contributed by atoms with Crippen molar-refractivity contribution in [1.82, 2.24) is 4.98 Å². The molecule has 2 atom stereocenters. The van der Waals surface area contributed by atoms with Gasteiger partial charge in [0.15, 0.2) is 0 Å². The second-order valence-electron chi connectivity index (χ2n) is 5.00. The Balaban J connectivity index is 2.26. The highest BCUT2D eigenvalue weighted by atomic mass is 15.2. The highest BCUT2D eigenvalue weighted by Gasteiger charge is 2.23. The minimum absolute atomic E-state index is 0.103. The third-order valence-electron chi connectivity index (χ3n) is 3.47. The van der Waals surface area contributed by atoms with Crippen molar-refractivity contribution in [3.8, 4) is 0 Å². The monoisotopic (exact) mass is 232 g/mol. The smallest absolute Gasteiger partial charge is 0.129 e. The summed E-state index contributed by atoms with van der Waals surface area (Å²) in [6.07, 6.45) is 4.22. The van der Waals surface area contributed by atoms with Crippen molar-refractivity contribution in [2.75, 3.05) is 11.4 Å². The van der Waals surface area contributed by atoms with Gasteiger partial charge in [0.05, 0.1) is 0 Å². The van der Waals surface area contributed by atoms with E-state index in [-0.39, 0.29) is 5.84 Å². The van der Waals surface area contributed by atoms with Crippen LogP contribution >= 0.6 is 0 Å². The maximum atomic E-state index is 7.47. The first-order valence-corrected chi connectivity index (χ1v) is 6.15. The highest BCUT2D eigenvalue weighted by molar-refractivity contribution is 5.95. The quantitative estimate of drug-likeness (QED) is 0.605. The van der Waals surface area contributed by atoms with Gasteiger partial charge in [-0.15, -0.1) is 0 Å². The van der Waals surface area contributed by atoms with Gasteiger partial charge >= 0.3 is 0 Å². The topological polar surface area (TPSA) is 66.0 Å². The second kappa shape index (κ2) is 4.73. The van der Waals surface area contributed by atoms with E-state index in [2.05, 4.69) is 23.7 Å². The normalized spacial score (nSPS) is 24.7. The van der Waals surface area contributed by atoms with Gasteiger partial charge in [-0.2, -0.15) is 0 Å². The van der Waals surface area contributed by atoms with E-state index >= 15 is 0 Å². The molecule has 0 aliphatic carbocycles. The van der Waals surface area contributed by atoms with Crippen LogP contribution in [0.1, 0.15) is 32.3 Å². The Bertz CT molecular complexity index is 416. The Labute approximate surface area is 102 Å². The van der Waals surface area contributed by atoms with Gasteiger partial charge < -0.3 is 10.6 Å².